The Morgan fingerprint density at radius 2 is 1.62 bits per heavy atom. The van der Waals surface area contributed by atoms with Gasteiger partial charge in [0.1, 0.15) is 23.3 Å². The largest absolute Gasteiger partial charge is 0.497 e. The molecular weight excluding hydrogens is 412 g/mol. The monoisotopic (exact) mass is 434 g/mol. The maximum absolute atomic E-state index is 13.4. The summed E-state index contributed by atoms with van der Waals surface area (Å²) in [6, 6.07) is 15.7. The molecule has 2 aromatic carbocycles. The van der Waals surface area contributed by atoms with Crippen LogP contribution in [0.5, 0.6) is 11.5 Å². The molecule has 8 nitrogen and oxygen atoms in total. The van der Waals surface area contributed by atoms with E-state index >= 15 is 0 Å². The number of furan rings is 1. The highest BCUT2D eigenvalue weighted by atomic mass is 16.5. The third-order valence-electron chi connectivity index (χ3n) is 5.33. The summed E-state index contributed by atoms with van der Waals surface area (Å²) in [5.41, 5.74) is 0.804. The lowest BCUT2D eigenvalue weighted by molar-refractivity contribution is -0.122. The van der Waals surface area contributed by atoms with Crippen LogP contribution < -0.4 is 14.4 Å². The van der Waals surface area contributed by atoms with E-state index in [4.69, 9.17) is 13.9 Å². The van der Waals surface area contributed by atoms with Crippen molar-refractivity contribution in [1.82, 2.24) is 4.90 Å². The smallest absolute Gasteiger partial charge is 0.257 e. The summed E-state index contributed by atoms with van der Waals surface area (Å²) in [4.78, 5) is 42.0. The van der Waals surface area contributed by atoms with Crippen molar-refractivity contribution in [1.29, 1.82) is 0 Å². The number of nitrogens with zero attached hydrogens (tertiary/aromatic N) is 2. The van der Waals surface area contributed by atoms with Gasteiger partial charge in [0.25, 0.3) is 11.8 Å². The first-order chi connectivity index (χ1) is 15.5. The van der Waals surface area contributed by atoms with Crippen molar-refractivity contribution in [2.24, 2.45) is 0 Å². The van der Waals surface area contributed by atoms with Crippen LogP contribution in [0.4, 0.5) is 5.69 Å². The van der Waals surface area contributed by atoms with Crippen LogP contribution in [0.15, 0.2) is 71.3 Å². The predicted octanol–water partition coefficient (Wildman–Crippen LogP) is 3.27. The van der Waals surface area contributed by atoms with Gasteiger partial charge in [-0.2, -0.15) is 0 Å². The number of carbonyl (C=O) groups excluding carboxylic acids is 3. The molecule has 0 N–H and O–H groups in total. The fraction of sp³-hybridized carbons (Fsp3) is 0.208. The molecule has 0 aliphatic carbocycles. The van der Waals surface area contributed by atoms with Gasteiger partial charge in [0.15, 0.2) is 0 Å². The van der Waals surface area contributed by atoms with Crippen molar-refractivity contribution in [3.8, 4) is 11.5 Å². The normalized spacial score (nSPS) is 15.7. The highest BCUT2D eigenvalue weighted by Crippen LogP contribution is 2.29. The highest BCUT2D eigenvalue weighted by Gasteiger charge is 2.44. The SMILES string of the molecule is COc1ccc(C(=O)N(Cc2ccco2)C2CC(=O)N(c3ccc(OC)cc3)C2=O)cc1. The van der Waals surface area contributed by atoms with Gasteiger partial charge in [-0.15, -0.1) is 0 Å². The molecule has 1 unspecified atom stereocenters. The van der Waals surface area contributed by atoms with E-state index in [-0.39, 0.29) is 24.8 Å². The van der Waals surface area contributed by atoms with Crippen LogP contribution in [0.3, 0.4) is 0 Å². The lowest BCUT2D eigenvalue weighted by Gasteiger charge is -2.27. The highest BCUT2D eigenvalue weighted by molar-refractivity contribution is 6.23. The van der Waals surface area contributed by atoms with E-state index in [1.807, 2.05) is 0 Å². The molecule has 8 heteroatoms. The second-order valence-electron chi connectivity index (χ2n) is 7.23. The molecule has 1 atom stereocenters. The lowest BCUT2D eigenvalue weighted by Crippen LogP contribution is -2.45. The number of hydrogen-bond acceptors (Lipinski definition) is 6. The third-order valence-corrected chi connectivity index (χ3v) is 5.33. The van der Waals surface area contributed by atoms with Crippen LogP contribution in [0.2, 0.25) is 0 Å². The van der Waals surface area contributed by atoms with Gasteiger partial charge in [-0.3, -0.25) is 14.4 Å². The first kappa shape index (κ1) is 21.2. The molecule has 1 aromatic heterocycles. The van der Waals surface area contributed by atoms with Gasteiger partial charge in [-0.25, -0.2) is 4.90 Å². The van der Waals surface area contributed by atoms with Crippen molar-refractivity contribution in [2.75, 3.05) is 19.1 Å². The van der Waals surface area contributed by atoms with E-state index in [1.165, 1.54) is 25.4 Å². The third kappa shape index (κ3) is 4.07. The van der Waals surface area contributed by atoms with Gasteiger partial charge in [-0.1, -0.05) is 0 Å². The minimum Gasteiger partial charge on any atom is -0.497 e. The van der Waals surface area contributed by atoms with Crippen molar-refractivity contribution < 1.29 is 28.3 Å². The molecule has 3 amide bonds. The molecule has 2 heterocycles. The number of hydrogen-bond donors (Lipinski definition) is 0. The molecule has 164 valence electrons. The molecule has 1 aliphatic heterocycles. The number of methoxy groups -OCH3 is 2. The minimum atomic E-state index is -0.954. The zero-order valence-electron chi connectivity index (χ0n) is 17.7. The molecule has 0 spiro atoms. The van der Waals surface area contributed by atoms with Crippen LogP contribution in [0.25, 0.3) is 0 Å². The molecule has 1 fully saturated rings. The number of carbonyl (C=O) groups is 3. The summed E-state index contributed by atoms with van der Waals surface area (Å²) in [6.45, 7) is 0.0536. The number of imide groups is 1. The molecule has 1 saturated heterocycles. The zero-order chi connectivity index (χ0) is 22.7. The summed E-state index contributed by atoms with van der Waals surface area (Å²) < 4.78 is 15.7. The van der Waals surface area contributed by atoms with Crippen molar-refractivity contribution in [3.05, 3.63) is 78.3 Å². The Hall–Kier alpha value is -4.07. The molecule has 0 bridgehead atoms. The fourth-order valence-corrected chi connectivity index (χ4v) is 3.66. The lowest BCUT2D eigenvalue weighted by atomic mass is 10.1. The molecule has 0 saturated carbocycles. The Kier molecular flexibility index (Phi) is 5.93. The summed E-state index contributed by atoms with van der Waals surface area (Å²) in [7, 11) is 3.07. The summed E-state index contributed by atoms with van der Waals surface area (Å²) in [5, 5.41) is 0. The second-order valence-corrected chi connectivity index (χ2v) is 7.23. The van der Waals surface area contributed by atoms with Crippen LogP contribution in [0.1, 0.15) is 22.5 Å². The molecule has 3 aromatic rings. The molecule has 4 rings (SSSR count). The maximum atomic E-state index is 13.4. The van der Waals surface area contributed by atoms with Crippen LogP contribution in [-0.2, 0) is 16.1 Å². The number of rotatable bonds is 7. The standard InChI is InChI=1S/C24H22N2O6/c1-30-18-9-5-16(6-10-18)23(28)25(15-20-4-3-13-32-20)21-14-22(27)26(24(21)29)17-7-11-19(31-2)12-8-17/h3-13,21H,14-15H2,1-2H3. The number of anilines is 1. The fourth-order valence-electron chi connectivity index (χ4n) is 3.66. The first-order valence-corrected chi connectivity index (χ1v) is 10.00. The summed E-state index contributed by atoms with van der Waals surface area (Å²) in [5.74, 6) is 0.503. The molecule has 0 radical (unpaired) electrons. The Labute approximate surface area is 184 Å². The Morgan fingerprint density at radius 3 is 2.19 bits per heavy atom. The average molecular weight is 434 g/mol. The first-order valence-electron chi connectivity index (χ1n) is 10.00. The Balaban J connectivity index is 1.64. The quantitative estimate of drug-likeness (QED) is 0.530. The van der Waals surface area contributed by atoms with E-state index in [0.717, 1.165) is 4.90 Å². The van der Waals surface area contributed by atoms with E-state index < -0.39 is 11.9 Å². The Morgan fingerprint density at radius 1 is 1.00 bits per heavy atom. The minimum absolute atomic E-state index is 0.0536. The zero-order valence-corrected chi connectivity index (χ0v) is 17.7. The predicted molar refractivity (Wildman–Crippen MR) is 115 cm³/mol. The van der Waals surface area contributed by atoms with Gasteiger partial charge < -0.3 is 18.8 Å². The van der Waals surface area contributed by atoms with Crippen molar-refractivity contribution in [3.63, 3.8) is 0 Å². The van der Waals surface area contributed by atoms with Crippen LogP contribution in [-0.4, -0.2) is 42.9 Å². The van der Waals surface area contributed by atoms with Crippen molar-refractivity contribution in [2.45, 2.75) is 19.0 Å². The summed E-state index contributed by atoms with van der Waals surface area (Å²) >= 11 is 0. The number of ether oxygens (including phenoxy) is 2. The number of amides is 3. The molecular formula is C24H22N2O6. The van der Waals surface area contributed by atoms with Gasteiger partial charge in [-0.05, 0) is 60.7 Å². The second kappa shape index (κ2) is 8.97. The van der Waals surface area contributed by atoms with E-state index in [1.54, 1.807) is 60.7 Å². The number of benzene rings is 2. The van der Waals surface area contributed by atoms with E-state index in [9.17, 15) is 14.4 Å². The van der Waals surface area contributed by atoms with Gasteiger partial charge in [0.2, 0.25) is 5.91 Å². The van der Waals surface area contributed by atoms with Gasteiger partial charge in [0, 0.05) is 5.56 Å². The van der Waals surface area contributed by atoms with E-state index in [2.05, 4.69) is 0 Å². The van der Waals surface area contributed by atoms with Gasteiger partial charge >= 0.3 is 0 Å². The average Bonchev–Trinajstić information content (AvgIpc) is 3.44. The van der Waals surface area contributed by atoms with Crippen molar-refractivity contribution >= 4 is 23.4 Å². The van der Waals surface area contributed by atoms with Crippen LogP contribution in [0, 0.1) is 0 Å². The topological polar surface area (TPSA) is 89.3 Å². The molecule has 32 heavy (non-hydrogen) atoms. The van der Waals surface area contributed by atoms with Gasteiger partial charge in [0.05, 0.1) is 39.1 Å². The molecule has 1 aliphatic rings. The van der Waals surface area contributed by atoms with Crippen LogP contribution >= 0.6 is 0 Å². The summed E-state index contributed by atoms with van der Waals surface area (Å²) in [6.07, 6.45) is 1.38. The Bertz CT molecular complexity index is 1110. The maximum Gasteiger partial charge on any atom is 0.257 e. The van der Waals surface area contributed by atoms with E-state index in [0.29, 0.717) is 28.5 Å².